The summed E-state index contributed by atoms with van der Waals surface area (Å²) >= 11 is 0. The van der Waals surface area contributed by atoms with E-state index in [1.165, 1.54) is 0 Å². The largest absolute Gasteiger partial charge is 0.427 e. The van der Waals surface area contributed by atoms with Crippen molar-refractivity contribution in [2.24, 2.45) is 0 Å². The van der Waals surface area contributed by atoms with Gasteiger partial charge in [0.05, 0.1) is 0 Å². The summed E-state index contributed by atoms with van der Waals surface area (Å²) < 4.78 is 1.56. The third-order valence-electron chi connectivity index (χ3n) is 1.28. The Morgan fingerprint density at radius 3 is 2.00 bits per heavy atom. The second kappa shape index (κ2) is 3.38. The summed E-state index contributed by atoms with van der Waals surface area (Å²) in [4.78, 5) is 0. The minimum absolute atomic E-state index is 0.712. The standard InChI is InChI=1S/C7H5BN3/c9-6-8(7-10)11-4-2-1-3-5-11/h1-5H. The molecule has 0 amide bonds. The molecule has 0 aliphatic rings. The highest BCUT2D eigenvalue weighted by molar-refractivity contribution is 6.66. The number of nitriles is 2. The normalized spacial score (nSPS) is 8.64. The van der Waals surface area contributed by atoms with Crippen molar-refractivity contribution in [3.05, 3.63) is 30.6 Å². The van der Waals surface area contributed by atoms with Gasteiger partial charge in [-0.05, 0) is 12.1 Å². The van der Waals surface area contributed by atoms with E-state index in [1.807, 2.05) is 18.0 Å². The highest BCUT2D eigenvalue weighted by Crippen LogP contribution is 1.78. The quantitative estimate of drug-likeness (QED) is 0.515. The van der Waals surface area contributed by atoms with Crippen LogP contribution in [0.3, 0.4) is 0 Å². The van der Waals surface area contributed by atoms with Gasteiger partial charge in [0.25, 0.3) is 0 Å². The molecule has 1 aromatic heterocycles. The van der Waals surface area contributed by atoms with Crippen LogP contribution in [0.5, 0.6) is 0 Å². The van der Waals surface area contributed by atoms with E-state index in [0.29, 0.717) is 0 Å². The van der Waals surface area contributed by atoms with Crippen molar-refractivity contribution in [1.29, 1.82) is 10.5 Å². The van der Waals surface area contributed by atoms with E-state index in [1.54, 1.807) is 29.0 Å². The summed E-state index contributed by atoms with van der Waals surface area (Å²) in [6.07, 6.45) is 3.38. The van der Waals surface area contributed by atoms with Gasteiger partial charge in [-0.25, -0.2) is 10.5 Å². The van der Waals surface area contributed by atoms with Crippen LogP contribution < -0.4 is 4.48 Å². The van der Waals surface area contributed by atoms with Crippen LogP contribution in [0.15, 0.2) is 30.6 Å². The van der Waals surface area contributed by atoms with Crippen LogP contribution in [0, 0.1) is 22.5 Å². The number of pyridine rings is 1. The molecule has 1 radical (unpaired) electrons. The summed E-state index contributed by atoms with van der Waals surface area (Å²) in [7, 11) is 0. The number of hydrogen-bond acceptors (Lipinski definition) is 2. The lowest BCUT2D eigenvalue weighted by Gasteiger charge is -2.01. The maximum atomic E-state index is 8.49. The molecule has 0 unspecified atom stereocenters. The minimum Gasteiger partial charge on any atom is -0.423 e. The third kappa shape index (κ3) is 1.56. The topological polar surface area (TPSA) is 51.5 Å². The smallest absolute Gasteiger partial charge is 0.423 e. The fourth-order valence-corrected chi connectivity index (χ4v) is 0.746. The molecular formula is C7H5BN3. The number of aromatic nitrogens is 1. The van der Waals surface area contributed by atoms with Gasteiger partial charge in [0.2, 0.25) is 0 Å². The first-order chi connectivity index (χ1) is 5.38. The van der Waals surface area contributed by atoms with Gasteiger partial charge in [-0.3, -0.25) is 0 Å². The molecule has 0 aliphatic heterocycles. The molecule has 0 aliphatic carbocycles. The molecule has 1 heterocycles. The molecule has 0 fully saturated rings. The van der Waals surface area contributed by atoms with Crippen molar-refractivity contribution in [3.63, 3.8) is 0 Å². The Labute approximate surface area is 65.2 Å². The Morgan fingerprint density at radius 1 is 1.00 bits per heavy atom. The maximum absolute atomic E-state index is 8.49. The Kier molecular flexibility index (Phi) is 2.25. The SMILES string of the molecule is N#C[B-](C#N)[n+]1ccccc1. The average molecular weight is 142 g/mol. The van der Waals surface area contributed by atoms with E-state index in [9.17, 15) is 0 Å². The van der Waals surface area contributed by atoms with Gasteiger partial charge in [0.1, 0.15) is 12.4 Å². The second-order valence-electron chi connectivity index (χ2n) is 1.98. The summed E-state index contributed by atoms with van der Waals surface area (Å²) in [6.45, 7) is -0.712. The highest BCUT2D eigenvalue weighted by atomic mass is 14.8. The Hall–Kier alpha value is -1.81. The van der Waals surface area contributed by atoms with Gasteiger partial charge in [0, 0.05) is 0 Å². The lowest BCUT2D eigenvalue weighted by atomic mass is 9.66. The predicted molar refractivity (Wildman–Crippen MR) is 39.0 cm³/mol. The van der Waals surface area contributed by atoms with Gasteiger partial charge in [0.15, 0.2) is 0 Å². The fourth-order valence-electron chi connectivity index (χ4n) is 0.746. The molecule has 0 saturated heterocycles. The number of nitrogens with zero attached hydrogens (tertiary/aromatic N) is 3. The number of rotatable bonds is 1. The molecule has 0 N–H and O–H groups in total. The molecule has 4 heteroatoms. The van der Waals surface area contributed by atoms with Crippen LogP contribution in [-0.2, 0) is 0 Å². The fraction of sp³-hybridized carbons (Fsp3) is 0. The first-order valence-corrected chi connectivity index (χ1v) is 3.13. The van der Waals surface area contributed by atoms with Crippen molar-refractivity contribution in [2.45, 2.75) is 0 Å². The molecule has 11 heavy (non-hydrogen) atoms. The van der Waals surface area contributed by atoms with Crippen molar-refractivity contribution >= 4 is 6.85 Å². The van der Waals surface area contributed by atoms with Crippen molar-refractivity contribution in [1.82, 2.24) is 0 Å². The Balaban J connectivity index is 2.96. The molecule has 3 nitrogen and oxygen atoms in total. The second-order valence-corrected chi connectivity index (χ2v) is 1.98. The predicted octanol–water partition coefficient (Wildman–Crippen LogP) is -0.0607. The van der Waals surface area contributed by atoms with E-state index >= 15 is 0 Å². The van der Waals surface area contributed by atoms with Gasteiger partial charge in [-0.2, -0.15) is 0 Å². The third-order valence-corrected chi connectivity index (χ3v) is 1.28. The molecule has 0 saturated carbocycles. The zero-order valence-corrected chi connectivity index (χ0v) is 5.81. The molecule has 0 bridgehead atoms. The summed E-state index contributed by atoms with van der Waals surface area (Å²) in [5, 5.41) is 17.0. The van der Waals surface area contributed by atoms with Crippen molar-refractivity contribution in [3.8, 4) is 11.9 Å². The van der Waals surface area contributed by atoms with E-state index in [0.717, 1.165) is 0 Å². The van der Waals surface area contributed by atoms with Gasteiger partial charge in [-0.1, -0.05) is 18.0 Å². The Bertz CT molecular complexity index is 295. The molecular weight excluding hydrogens is 137 g/mol. The highest BCUT2D eigenvalue weighted by Gasteiger charge is 2.07. The average Bonchev–Trinajstić information content (AvgIpc) is 2.09. The van der Waals surface area contributed by atoms with Crippen LogP contribution in [0.4, 0.5) is 0 Å². The summed E-state index contributed by atoms with van der Waals surface area (Å²) in [6, 6.07) is 5.39. The number of hydrogen-bond donors (Lipinski definition) is 0. The van der Waals surface area contributed by atoms with E-state index in [-0.39, 0.29) is 0 Å². The monoisotopic (exact) mass is 142 g/mol. The minimum atomic E-state index is -0.712. The zero-order valence-electron chi connectivity index (χ0n) is 5.81. The molecule has 0 atom stereocenters. The van der Waals surface area contributed by atoms with Crippen LogP contribution in [0.1, 0.15) is 0 Å². The van der Waals surface area contributed by atoms with Crippen LogP contribution in [0.25, 0.3) is 0 Å². The first-order valence-electron chi connectivity index (χ1n) is 3.13. The first kappa shape index (κ1) is 7.30. The van der Waals surface area contributed by atoms with Crippen molar-refractivity contribution < 1.29 is 4.48 Å². The lowest BCUT2D eigenvalue weighted by molar-refractivity contribution is -0.532. The lowest BCUT2D eigenvalue weighted by Crippen LogP contribution is -2.49. The van der Waals surface area contributed by atoms with Gasteiger partial charge >= 0.3 is 6.85 Å². The van der Waals surface area contributed by atoms with Gasteiger partial charge < -0.3 is 4.48 Å². The molecule has 1 aromatic rings. The summed E-state index contributed by atoms with van der Waals surface area (Å²) in [5.74, 6) is 3.74. The summed E-state index contributed by atoms with van der Waals surface area (Å²) in [5.41, 5.74) is 0. The molecule has 0 spiro atoms. The van der Waals surface area contributed by atoms with E-state index in [2.05, 4.69) is 0 Å². The Morgan fingerprint density at radius 2 is 1.55 bits per heavy atom. The van der Waals surface area contributed by atoms with E-state index in [4.69, 9.17) is 10.5 Å². The van der Waals surface area contributed by atoms with Crippen LogP contribution >= 0.6 is 0 Å². The van der Waals surface area contributed by atoms with Crippen molar-refractivity contribution in [2.75, 3.05) is 0 Å². The zero-order chi connectivity index (χ0) is 8.10. The molecule has 1 rings (SSSR count). The van der Waals surface area contributed by atoms with Crippen LogP contribution in [0.2, 0.25) is 0 Å². The molecule has 0 aromatic carbocycles. The van der Waals surface area contributed by atoms with Gasteiger partial charge in [-0.15, -0.1) is 0 Å². The maximum Gasteiger partial charge on any atom is 0.427 e. The van der Waals surface area contributed by atoms with E-state index < -0.39 is 6.85 Å². The van der Waals surface area contributed by atoms with Crippen LogP contribution in [-0.4, -0.2) is 6.85 Å². The molecule has 51 valence electrons.